The van der Waals surface area contributed by atoms with Crippen molar-refractivity contribution >= 4 is 74.6 Å². The molecule has 0 aliphatic carbocycles. The number of nitrogen functional groups attached to an aromatic ring is 2. The molecule has 0 heterocycles. The highest BCUT2D eigenvalue weighted by molar-refractivity contribution is 8.72. The van der Waals surface area contributed by atoms with E-state index in [2.05, 4.69) is 19.4 Å². The largest absolute Gasteiger partial charge is 0.461 e. The summed E-state index contributed by atoms with van der Waals surface area (Å²) in [5, 5.41) is 36.4. The van der Waals surface area contributed by atoms with Gasteiger partial charge >= 0.3 is 23.9 Å². The number of benzene rings is 2. The Morgan fingerprint density at radius 2 is 1.02 bits per heavy atom. The van der Waals surface area contributed by atoms with Gasteiger partial charge in [-0.25, -0.2) is 26.4 Å². The molecule has 2 atom stereocenters. The van der Waals surface area contributed by atoms with Crippen molar-refractivity contribution in [2.45, 2.75) is 25.0 Å². The summed E-state index contributed by atoms with van der Waals surface area (Å²) in [4.78, 5) is 106. The second-order valence-electron chi connectivity index (χ2n) is 11.1. The summed E-state index contributed by atoms with van der Waals surface area (Å²) in [5.41, 5.74) is 10.9. The number of carbonyl (C=O) groups excluding carboxylic acids is 4. The Labute approximate surface area is 354 Å². The molecule has 0 aliphatic heterocycles. The molecule has 0 saturated heterocycles. The Balaban J connectivity index is 0.000000620. The van der Waals surface area contributed by atoms with Crippen LogP contribution in [-0.2, 0) is 56.2 Å². The molecular weight excluding hydrogens is 933 g/mol. The Morgan fingerprint density at radius 1 is 0.613 bits per heavy atom. The van der Waals surface area contributed by atoms with Crippen LogP contribution in [0, 0.1) is 40.5 Å². The third-order valence-corrected chi connectivity index (χ3v) is 11.2. The SMILES string of the molecule is CS(=O)(=O)SCCOC(=O)c1cc(N)ccc1OC(=O)CC(CO[N+](=O)[O-])O[N+](=O)[O-].CS(=O)(=O)SCCOC(=O)c1ccc(N)cc1OC(=O)CC(CO[N+](=O)[O-])O[N+](=O)[O-]. The number of rotatable bonds is 26. The van der Waals surface area contributed by atoms with Crippen molar-refractivity contribution < 1.29 is 94.7 Å². The topological polar surface area (TPSA) is 435 Å². The number of esters is 4. The highest BCUT2D eigenvalue weighted by atomic mass is 33.1. The molecule has 0 amide bonds. The van der Waals surface area contributed by atoms with Crippen LogP contribution >= 0.6 is 21.6 Å². The molecule has 0 aromatic heterocycles. The Hall–Kier alpha value is -6.68. The third kappa shape index (κ3) is 24.4. The van der Waals surface area contributed by atoms with E-state index in [1.54, 1.807) is 0 Å². The fourth-order valence-corrected chi connectivity index (χ4v) is 7.00. The standard InChI is InChI=1S/2C14H17N3O12S2/c1-31(24,25)30-5-4-26-14(19)11-6-9(15)2-3-12(11)28-13(18)7-10(29-17(22)23)8-27-16(20)21;1-31(24,25)30-5-4-26-14(19)11-3-2-9(15)6-12(11)28-13(18)7-10(29-17(22)23)8-27-16(20)21/h2*2-3,6,10H,4-5,7-8,15H2,1H3. The van der Waals surface area contributed by atoms with Crippen molar-refractivity contribution in [2.24, 2.45) is 0 Å². The minimum absolute atomic E-state index is 0.0367. The van der Waals surface area contributed by atoms with Crippen molar-refractivity contribution in [3.05, 3.63) is 88.0 Å². The zero-order valence-corrected chi connectivity index (χ0v) is 34.9. The number of ether oxygens (including phenoxy) is 4. The molecule has 0 fully saturated rings. The molecule has 2 rings (SSSR count). The molecule has 0 radical (unpaired) electrons. The molecule has 0 bridgehead atoms. The first-order valence-electron chi connectivity index (χ1n) is 16.1. The lowest BCUT2D eigenvalue weighted by atomic mass is 10.2. The summed E-state index contributed by atoms with van der Waals surface area (Å²) in [5.74, 6) is -4.94. The molecule has 2 aromatic carbocycles. The maximum absolute atomic E-state index is 12.2. The van der Waals surface area contributed by atoms with Gasteiger partial charge in [0.2, 0.25) is 0 Å². The van der Waals surface area contributed by atoms with Crippen molar-refractivity contribution in [2.75, 3.05) is 61.9 Å². The van der Waals surface area contributed by atoms with E-state index in [0.29, 0.717) is 21.6 Å². The summed E-state index contributed by atoms with van der Waals surface area (Å²) in [7, 11) is -5.51. The lowest BCUT2D eigenvalue weighted by Gasteiger charge is -2.14. The summed E-state index contributed by atoms with van der Waals surface area (Å²) in [6, 6.07) is 7.19. The molecule has 4 N–H and O–H groups in total. The van der Waals surface area contributed by atoms with E-state index in [4.69, 9.17) is 30.4 Å². The Morgan fingerprint density at radius 3 is 1.44 bits per heavy atom. The maximum Gasteiger partial charge on any atom is 0.342 e. The van der Waals surface area contributed by atoms with Crippen molar-refractivity contribution in [3.8, 4) is 11.5 Å². The summed E-state index contributed by atoms with van der Waals surface area (Å²) in [6.07, 6.45) is -2.98. The van der Waals surface area contributed by atoms with Crippen LogP contribution in [0.3, 0.4) is 0 Å². The minimum Gasteiger partial charge on any atom is -0.461 e. The van der Waals surface area contributed by atoms with Crippen LogP contribution in [0.5, 0.6) is 11.5 Å². The minimum atomic E-state index is -3.32. The molecule has 34 heteroatoms. The molecule has 62 heavy (non-hydrogen) atoms. The first kappa shape index (κ1) is 53.3. The zero-order chi connectivity index (χ0) is 47.2. The van der Waals surface area contributed by atoms with Crippen LogP contribution in [0.4, 0.5) is 11.4 Å². The van der Waals surface area contributed by atoms with Gasteiger partial charge in [-0.2, -0.15) is 0 Å². The maximum atomic E-state index is 12.2. The van der Waals surface area contributed by atoms with Crippen molar-refractivity contribution in [1.29, 1.82) is 0 Å². The van der Waals surface area contributed by atoms with E-state index in [1.807, 2.05) is 0 Å². The van der Waals surface area contributed by atoms with Gasteiger partial charge in [0.1, 0.15) is 61.3 Å². The number of carbonyl (C=O) groups is 4. The number of hydrogen-bond acceptors (Lipinski definition) is 28. The summed E-state index contributed by atoms with van der Waals surface area (Å²) < 4.78 is 64.0. The van der Waals surface area contributed by atoms with Gasteiger partial charge in [0, 0.05) is 41.5 Å². The molecule has 0 spiro atoms. The van der Waals surface area contributed by atoms with Crippen LogP contribution in [0.25, 0.3) is 0 Å². The van der Waals surface area contributed by atoms with Gasteiger partial charge in [0.05, 0.1) is 12.8 Å². The first-order chi connectivity index (χ1) is 28.7. The third-order valence-electron chi connectivity index (χ3n) is 6.12. The number of hydrogen-bond donors (Lipinski definition) is 2. The number of nitrogens with zero attached hydrogens (tertiary/aromatic N) is 4. The van der Waals surface area contributed by atoms with Gasteiger partial charge in [-0.15, -0.1) is 40.5 Å². The molecule has 0 aliphatic rings. The predicted octanol–water partition coefficient (Wildman–Crippen LogP) is 0.398. The van der Waals surface area contributed by atoms with Gasteiger partial charge in [-0.05, 0) is 51.9 Å². The van der Waals surface area contributed by atoms with E-state index >= 15 is 0 Å². The second-order valence-corrected chi connectivity index (χ2v) is 20.3. The van der Waals surface area contributed by atoms with Gasteiger partial charge in [-0.1, -0.05) is 0 Å². The number of anilines is 2. The fourth-order valence-electron chi connectivity index (χ4n) is 3.87. The molecule has 344 valence electrons. The van der Waals surface area contributed by atoms with Crippen LogP contribution in [0.2, 0.25) is 0 Å². The fraction of sp³-hybridized carbons (Fsp3) is 0.429. The van der Waals surface area contributed by atoms with Crippen LogP contribution in [0.15, 0.2) is 36.4 Å². The van der Waals surface area contributed by atoms with E-state index in [0.717, 1.165) is 30.7 Å². The Kier molecular flexibility index (Phi) is 22.2. The normalized spacial score (nSPS) is 11.8. The highest BCUT2D eigenvalue weighted by Gasteiger charge is 2.25. The first-order valence-corrected chi connectivity index (χ1v) is 22.9. The summed E-state index contributed by atoms with van der Waals surface area (Å²) in [6.45, 7) is -2.37. The van der Waals surface area contributed by atoms with E-state index in [9.17, 15) is 76.5 Å². The predicted molar refractivity (Wildman–Crippen MR) is 207 cm³/mol. The Bertz CT molecular complexity index is 2180. The molecule has 30 nitrogen and oxygen atoms in total. The van der Waals surface area contributed by atoms with E-state index in [-0.39, 0.29) is 58.7 Å². The van der Waals surface area contributed by atoms with Crippen LogP contribution in [-0.4, -0.2) is 124 Å². The van der Waals surface area contributed by atoms with Gasteiger partial charge < -0.3 is 49.8 Å². The summed E-state index contributed by atoms with van der Waals surface area (Å²) >= 11 is 0. The lowest BCUT2D eigenvalue weighted by Crippen LogP contribution is -2.29. The zero-order valence-electron chi connectivity index (χ0n) is 31.7. The molecule has 2 aromatic rings. The van der Waals surface area contributed by atoms with Gasteiger partial charge in [0.15, 0.2) is 17.7 Å². The average Bonchev–Trinajstić information content (AvgIpc) is 3.12. The molecule has 0 saturated carbocycles. The molecular formula is C28H34N6O24S4. The van der Waals surface area contributed by atoms with Crippen molar-refractivity contribution in [1.82, 2.24) is 0 Å². The van der Waals surface area contributed by atoms with E-state index < -0.39 is 100 Å². The van der Waals surface area contributed by atoms with Crippen molar-refractivity contribution in [3.63, 3.8) is 0 Å². The van der Waals surface area contributed by atoms with Crippen LogP contribution in [0.1, 0.15) is 33.6 Å². The smallest absolute Gasteiger partial charge is 0.342 e. The average molecular weight is 967 g/mol. The second kappa shape index (κ2) is 25.8. The van der Waals surface area contributed by atoms with Gasteiger partial charge in [-0.3, -0.25) is 9.59 Å². The quantitative estimate of drug-likeness (QED) is 0.0245. The van der Waals surface area contributed by atoms with Gasteiger partial charge in [0.25, 0.3) is 20.3 Å². The lowest BCUT2D eigenvalue weighted by molar-refractivity contribution is -0.789. The number of nitrogens with two attached hydrogens (primary N) is 2. The monoisotopic (exact) mass is 966 g/mol. The van der Waals surface area contributed by atoms with Crippen LogP contribution < -0.4 is 20.9 Å². The van der Waals surface area contributed by atoms with E-state index in [1.165, 1.54) is 18.2 Å². The highest BCUT2D eigenvalue weighted by Crippen LogP contribution is 2.25. The molecule has 2 unspecified atom stereocenters.